The van der Waals surface area contributed by atoms with Crippen LogP contribution in [0.15, 0.2) is 0 Å². The van der Waals surface area contributed by atoms with Crippen LogP contribution in [0.4, 0.5) is 0 Å². The first-order valence-corrected chi connectivity index (χ1v) is 4.29. The molecule has 0 unspecified atom stereocenters. The molecule has 8 heteroatoms. The number of nitrogens with two attached hydrogens (primary N) is 4. The molecular formula is H8BrN5ORu-3. The zero-order valence-corrected chi connectivity index (χ0v) is 7.22. The number of halogens is 1. The molecule has 0 bridgehead atoms. The minimum Gasteiger partial charge on any atom is -0.693 e. The molecule has 0 aromatic carbocycles. The van der Waals surface area contributed by atoms with Crippen molar-refractivity contribution in [1.29, 1.82) is 5.46 Å². The monoisotopic (exact) mass is 275 g/mol. The third kappa shape index (κ3) is 554. The van der Waals surface area contributed by atoms with E-state index in [1.165, 1.54) is 0 Å². The summed E-state index contributed by atoms with van der Waals surface area (Å²) >= 11 is 5.03. The Morgan fingerprint density at radius 2 is 0.875 bits per heavy atom. The van der Waals surface area contributed by atoms with Crippen molar-refractivity contribution in [2.45, 2.75) is 0 Å². The Balaban J connectivity index is -0.00000000167. The van der Waals surface area contributed by atoms with E-state index in [0.29, 0.717) is 0 Å². The molecule has 0 heterocycles. The maximum absolute atomic E-state index is 7.25. The zero-order valence-electron chi connectivity index (χ0n) is 3.90. The van der Waals surface area contributed by atoms with Crippen LogP contribution in [0.1, 0.15) is 0 Å². The van der Waals surface area contributed by atoms with Gasteiger partial charge in [0.1, 0.15) is 0 Å². The van der Waals surface area contributed by atoms with Gasteiger partial charge in [-0.15, -0.1) is 0 Å². The summed E-state index contributed by atoms with van der Waals surface area (Å²) in [5, 5.41) is 0. The summed E-state index contributed by atoms with van der Waals surface area (Å²) in [5.41, 5.74) is 5.75. The summed E-state index contributed by atoms with van der Waals surface area (Å²) in [5.74, 6) is 0. The van der Waals surface area contributed by atoms with Gasteiger partial charge in [-0.05, 0) is 0 Å². The zero-order chi connectivity index (χ0) is 4.00. The standard InChI is InChI=1S/BrH.NO.4H2N.Ru/c;1-2;;;;;/h1H;;4*1H2;/q;+1;4*-1;+1/p-1. The molecule has 0 atom stereocenters. The Hall–Kier alpha value is 0.613. The number of nitrogens with zero attached hydrogens (tertiary/aromatic N) is 1. The van der Waals surface area contributed by atoms with Gasteiger partial charge in [-0.1, -0.05) is 0 Å². The van der Waals surface area contributed by atoms with E-state index in [9.17, 15) is 0 Å². The van der Waals surface area contributed by atoms with E-state index in [1.807, 2.05) is 0 Å². The predicted molar refractivity (Wildman–Crippen MR) is 32.5 cm³/mol. The van der Waals surface area contributed by atoms with Gasteiger partial charge < -0.3 is 24.6 Å². The van der Waals surface area contributed by atoms with Gasteiger partial charge in [-0.3, -0.25) is 0 Å². The maximum Gasteiger partial charge on any atom is -0.693 e. The number of hydrogen-bond acceptors (Lipinski definition) is 1. The first-order chi connectivity index (χ1) is 2.00. The summed E-state index contributed by atoms with van der Waals surface area (Å²) in [6.45, 7) is 0. The second-order valence-corrected chi connectivity index (χ2v) is 0. The average Bonchev–Trinajstić information content (AvgIpc) is 1.50. The quantitative estimate of drug-likeness (QED) is 0.475. The van der Waals surface area contributed by atoms with Crippen LogP contribution in [-0.2, 0) is 21.1 Å². The molecule has 0 saturated carbocycles. The van der Waals surface area contributed by atoms with E-state index >= 15 is 0 Å². The van der Waals surface area contributed by atoms with Gasteiger partial charge in [0, 0.05) is 0 Å². The third-order valence-electron chi connectivity index (χ3n) is 0. The molecule has 0 aliphatic carbocycles. The number of rotatable bonds is 0. The van der Waals surface area contributed by atoms with Crippen LogP contribution >= 0.6 is 13.6 Å². The molecule has 8 heavy (non-hydrogen) atoms. The van der Waals surface area contributed by atoms with Crippen molar-refractivity contribution in [3.63, 3.8) is 0 Å². The van der Waals surface area contributed by atoms with Gasteiger partial charge in [-0.2, -0.15) is 0 Å². The predicted octanol–water partition coefficient (Wildman–Crippen LogP) is 3.61. The molecule has 8 N–H and O–H groups in total. The third-order valence-corrected chi connectivity index (χ3v) is 0. The topological polar surface area (TPSA) is 178 Å². The van der Waals surface area contributed by atoms with Crippen molar-refractivity contribution in [3.05, 3.63) is 24.6 Å². The smallest absolute Gasteiger partial charge is 0.693 e. The second kappa shape index (κ2) is 885. The van der Waals surface area contributed by atoms with E-state index in [2.05, 4.69) is 30.0 Å². The molecule has 57 valence electrons. The molecule has 0 aromatic rings. The molecule has 0 aliphatic heterocycles. The van der Waals surface area contributed by atoms with E-state index < -0.39 is 0 Å². The summed E-state index contributed by atoms with van der Waals surface area (Å²) in [7, 11) is 0. The fourth-order valence-corrected chi connectivity index (χ4v) is 0. The first kappa shape index (κ1) is 73.1. The fourth-order valence-electron chi connectivity index (χ4n) is 0. The molecule has 0 amide bonds. The Labute approximate surface area is 65.0 Å². The van der Waals surface area contributed by atoms with Crippen molar-refractivity contribution in [2.75, 3.05) is 0 Å². The Kier molecular flexibility index (Phi) is 8090. The summed E-state index contributed by atoms with van der Waals surface area (Å²) < 4.78 is 7.25. The Morgan fingerprint density at radius 3 is 0.875 bits per heavy atom. The van der Waals surface area contributed by atoms with Crippen molar-refractivity contribution < 1.29 is 21.1 Å². The summed E-state index contributed by atoms with van der Waals surface area (Å²) in [6.07, 6.45) is 0. The molecular weight excluding hydrogens is 267 g/mol. The van der Waals surface area contributed by atoms with Gasteiger partial charge in [-0.25, -0.2) is 0 Å². The van der Waals surface area contributed by atoms with E-state index in [4.69, 9.17) is 10.2 Å². The number of hydrogen-bond donors (Lipinski definition) is 0. The van der Waals surface area contributed by atoms with E-state index in [-0.39, 0.29) is 24.6 Å². The molecule has 0 saturated heterocycles. The van der Waals surface area contributed by atoms with E-state index in [0.717, 1.165) is 0 Å². The molecule has 0 aromatic heterocycles. The van der Waals surface area contributed by atoms with Crippen LogP contribution in [-0.4, -0.2) is 0 Å². The van der Waals surface area contributed by atoms with Gasteiger partial charge in [0.25, 0.3) is 0 Å². The van der Waals surface area contributed by atoms with Gasteiger partial charge in [0.15, 0.2) is 0 Å². The second-order valence-electron chi connectivity index (χ2n) is 0. The van der Waals surface area contributed by atoms with Crippen molar-refractivity contribution in [1.82, 2.24) is 0 Å². The molecule has 0 radical (unpaired) electrons. The minimum atomic E-state index is 0. The van der Waals surface area contributed by atoms with Gasteiger partial charge in [0.05, 0.1) is 0 Å². The largest absolute Gasteiger partial charge is 0.693 e. The van der Waals surface area contributed by atoms with E-state index in [1.54, 1.807) is 0 Å². The van der Waals surface area contributed by atoms with Crippen molar-refractivity contribution in [3.8, 4) is 0 Å². The first-order valence-electron chi connectivity index (χ1n) is 0.316. The van der Waals surface area contributed by atoms with Crippen molar-refractivity contribution in [2.24, 2.45) is 0 Å². The average molecular weight is 275 g/mol. The van der Waals surface area contributed by atoms with Crippen LogP contribution in [0.3, 0.4) is 0 Å². The summed E-state index contributed by atoms with van der Waals surface area (Å²) in [4.78, 5) is 0. The van der Waals surface area contributed by atoms with Gasteiger partial charge >= 0.3 is 40.2 Å². The Morgan fingerprint density at radius 1 is 0.875 bits per heavy atom. The van der Waals surface area contributed by atoms with Crippen LogP contribution in [0.2, 0.25) is 0 Å². The minimum absolute atomic E-state index is 0. The molecule has 0 aliphatic rings. The molecule has 0 rings (SSSR count). The van der Waals surface area contributed by atoms with Crippen LogP contribution in [0.25, 0.3) is 24.6 Å². The van der Waals surface area contributed by atoms with Gasteiger partial charge in [0.2, 0.25) is 0 Å². The maximum atomic E-state index is 7.25. The van der Waals surface area contributed by atoms with Crippen LogP contribution in [0.5, 0.6) is 0 Å². The SMILES string of the molecule is N#[O+].[Br][Ru].[NH2-].[NH2-].[NH2-].[NH2-]. The Bertz CT molecular complexity index is 17.1. The molecule has 6 nitrogen and oxygen atoms in total. The van der Waals surface area contributed by atoms with Crippen LogP contribution < -0.4 is 0 Å². The molecule has 0 spiro atoms. The molecule has 0 fully saturated rings. The summed E-state index contributed by atoms with van der Waals surface area (Å²) in [6, 6.07) is 0. The fraction of sp³-hybridized carbons (Fsp3) is 0. The van der Waals surface area contributed by atoms with Crippen molar-refractivity contribution >= 4 is 13.6 Å². The van der Waals surface area contributed by atoms with Crippen LogP contribution in [0, 0.1) is 5.46 Å². The normalized spacial score (nSPS) is 1.00.